The average Bonchev–Trinajstić information content (AvgIpc) is 1.60. The van der Waals surface area contributed by atoms with E-state index in [0.717, 1.165) is 52.8 Å². The Labute approximate surface area is 623 Å². The number of benzene rings is 3. The Kier molecular flexibility index (Phi) is 70.7. The summed E-state index contributed by atoms with van der Waals surface area (Å²) in [6, 6.07) is 30.6. The van der Waals surface area contributed by atoms with E-state index in [1.165, 1.54) is 177 Å². The molecule has 0 aliphatic heterocycles. The van der Waals surface area contributed by atoms with Gasteiger partial charge in [-0.3, -0.25) is 23.7 Å². The topological polar surface area (TPSA) is 30.7 Å². The molecule has 0 amide bonds. The number of unbranched alkanes of at least 4 members (excludes halogenated alkanes) is 12. The van der Waals surface area contributed by atoms with Crippen molar-refractivity contribution in [2.24, 2.45) is 7.05 Å². The van der Waals surface area contributed by atoms with Gasteiger partial charge in [-0.2, -0.15) is 15.0 Å². The van der Waals surface area contributed by atoms with Crippen molar-refractivity contribution in [3.05, 3.63) is 144 Å². The molecule has 0 spiro atoms. The van der Waals surface area contributed by atoms with E-state index >= 15 is 0 Å². The van der Waals surface area contributed by atoms with Crippen LogP contribution in [0.5, 0.6) is 0 Å². The molecule has 3 aromatic carbocycles. The van der Waals surface area contributed by atoms with Crippen LogP contribution in [0.25, 0.3) is 31.9 Å². The van der Waals surface area contributed by atoms with Crippen molar-refractivity contribution in [3.8, 4) is 44.6 Å². The predicted octanol–water partition coefficient (Wildman–Crippen LogP) is 25.9. The summed E-state index contributed by atoms with van der Waals surface area (Å²) in [6.07, 6.45) is 81.5. The quantitative estimate of drug-likeness (QED) is 0.0220. The second-order valence-electron chi connectivity index (χ2n) is 24.3. The van der Waals surface area contributed by atoms with E-state index in [1.807, 2.05) is 104 Å². The summed E-state index contributed by atoms with van der Waals surface area (Å²) < 4.78 is 0. The van der Waals surface area contributed by atoms with Crippen molar-refractivity contribution in [2.45, 2.75) is 237 Å². The van der Waals surface area contributed by atoms with Gasteiger partial charge >= 0.3 is 42.1 Å². The van der Waals surface area contributed by atoms with E-state index in [9.17, 15) is 0 Å². The second-order valence-corrected chi connectivity index (χ2v) is 38.5. The molecule has 11 heteroatoms. The van der Waals surface area contributed by atoms with Gasteiger partial charge in [0.25, 0.3) is 0 Å². The molecule has 0 N–H and O–H groups in total. The minimum absolute atomic E-state index is 0. The van der Waals surface area contributed by atoms with Crippen molar-refractivity contribution >= 4 is 65.4 Å². The van der Waals surface area contributed by atoms with E-state index in [1.54, 1.807) is 78.7 Å². The van der Waals surface area contributed by atoms with Gasteiger partial charge in [0, 0.05) is 59.6 Å². The van der Waals surface area contributed by atoms with Crippen molar-refractivity contribution in [3.63, 3.8) is 0 Å². The molecule has 6 rings (SSSR count). The molecule has 3 heterocycles. The standard InChI is InChI=1S/C19H9N3S2.4C12H27P.2C8H5.2Pt/c1-4-12-6-10-16(23-12)14-8-9-15(17-11-7-13(5-2)24-17)19-18(14)20-22(3)21-19;4*1-4-7-10-13(11-8-5-2)12-9-6-3;2*1-2-8-6-4-3-5-7-8;;/h6-11H,3H3;4*4-12H2,1-3H3;2*3-7H;;/q-2;;;;;2*-1;2*+2/p+4. The van der Waals surface area contributed by atoms with Crippen LogP contribution in [-0.4, -0.2) is 88.9 Å². The fourth-order valence-electron chi connectivity index (χ4n) is 10.3. The minimum atomic E-state index is 0. The van der Waals surface area contributed by atoms with E-state index in [4.69, 9.17) is 25.7 Å². The summed E-state index contributed by atoms with van der Waals surface area (Å²) in [5.41, 5.74) is 5.33. The zero-order valence-electron chi connectivity index (χ0n) is 61.5. The molecule has 0 atom stereocenters. The maximum Gasteiger partial charge on any atom is 2.00 e. The summed E-state index contributed by atoms with van der Waals surface area (Å²) >= 11 is 3.02. The van der Waals surface area contributed by atoms with Gasteiger partial charge < -0.3 is 25.7 Å². The zero-order chi connectivity index (χ0) is 68.1. The first kappa shape index (κ1) is 96.0. The summed E-state index contributed by atoms with van der Waals surface area (Å²) in [6.45, 7) is 27.8. The average molecular weight is 1750 g/mol. The van der Waals surface area contributed by atoms with Crippen molar-refractivity contribution in [1.82, 2.24) is 15.0 Å². The van der Waals surface area contributed by atoms with Gasteiger partial charge in [0.2, 0.25) is 0 Å². The molecule has 0 radical (unpaired) electrons. The number of hydrogen-bond donors (Lipinski definition) is 0. The van der Waals surface area contributed by atoms with Crippen LogP contribution < -0.4 is 0 Å². The number of aromatic nitrogens is 3. The molecular formula is C83H131N3P4Pt2S2+4. The Hall–Kier alpha value is -2.20. The third kappa shape index (κ3) is 48.5. The number of thiophene rings is 2. The third-order valence-corrected chi connectivity index (χ3v) is 30.9. The first-order valence-electron chi connectivity index (χ1n) is 36.6. The van der Waals surface area contributed by atoms with Gasteiger partial charge in [0.15, 0.2) is 0 Å². The van der Waals surface area contributed by atoms with Crippen LogP contribution in [0.15, 0.2) is 97.1 Å². The zero-order valence-corrected chi connectivity index (χ0v) is 71.7. The molecule has 3 aromatic heterocycles. The number of hydrogen-bond acceptors (Lipinski definition) is 4. The third-order valence-electron chi connectivity index (χ3n) is 16.1. The van der Waals surface area contributed by atoms with Crippen LogP contribution in [-0.2, 0) is 49.2 Å². The molecule has 94 heavy (non-hydrogen) atoms. The maximum absolute atomic E-state index is 7.26. The minimum Gasteiger partial charge on any atom is -0.366 e. The number of rotatable bonds is 38. The Bertz CT molecular complexity index is 2470. The first-order chi connectivity index (χ1) is 44.9. The number of aryl methyl sites for hydroxylation is 1. The van der Waals surface area contributed by atoms with Crippen LogP contribution in [0.4, 0.5) is 0 Å². The van der Waals surface area contributed by atoms with Gasteiger partial charge in [0.05, 0.1) is 73.9 Å². The van der Waals surface area contributed by atoms with Crippen LogP contribution >= 0.6 is 54.4 Å². The monoisotopic (exact) mass is 1750 g/mol. The van der Waals surface area contributed by atoms with Gasteiger partial charge in [-0.15, -0.1) is 47.5 Å². The van der Waals surface area contributed by atoms with Crippen LogP contribution in [0, 0.1) is 49.4 Å². The van der Waals surface area contributed by atoms with E-state index < -0.39 is 0 Å². The molecule has 6 aromatic rings. The molecule has 0 saturated carbocycles. The largest absolute Gasteiger partial charge is 2.00 e. The van der Waals surface area contributed by atoms with Crippen LogP contribution in [0.1, 0.15) is 258 Å². The fourth-order valence-corrected chi connectivity index (χ4v) is 25.2. The molecule has 0 saturated heterocycles. The smallest absolute Gasteiger partial charge is 0.366 e. The fraction of sp³-hybridized carbons (Fsp3) is 0.590. The Balaban J connectivity index is -0.00000106. The molecule has 0 bridgehead atoms. The number of nitrogens with zero attached hydrogens (tertiary/aromatic N) is 3. The molecule has 0 aliphatic carbocycles. The SMILES string of the molecule is CCCC[PH+](CCCC)CCCC.CCCC[PH+](CCCC)CCCC.CCCC[PH+](CCCC)CCCC.CCCC[PH+](CCCC)CCCC.[C-]#Cc1ccc(-c2ccc(-c3ccc(C#[C-])s3)c3nn(C)nc23)s1.[C-]#Cc1ccccc1.[C-]#Cc1ccccc1.[Pt+2].[Pt+2]. The molecule has 0 aliphatic rings. The van der Waals surface area contributed by atoms with Crippen molar-refractivity contribution in [2.75, 3.05) is 73.9 Å². The van der Waals surface area contributed by atoms with E-state index in [0.29, 0.717) is 0 Å². The summed E-state index contributed by atoms with van der Waals surface area (Å²) in [5.74, 6) is 9.40. The Morgan fingerprint density at radius 1 is 0.309 bits per heavy atom. The molecule has 0 unspecified atom stereocenters. The Morgan fingerprint density at radius 2 is 0.521 bits per heavy atom. The maximum atomic E-state index is 7.26. The Morgan fingerprint density at radius 3 is 0.681 bits per heavy atom. The van der Waals surface area contributed by atoms with Gasteiger partial charge in [-0.1, -0.05) is 231 Å². The first-order valence-corrected chi connectivity index (χ1v) is 46.8. The van der Waals surface area contributed by atoms with Gasteiger partial charge in [-0.05, 0) is 77.0 Å². The van der Waals surface area contributed by atoms with E-state index in [2.05, 4.69) is 117 Å². The molecule has 526 valence electrons. The van der Waals surface area contributed by atoms with Crippen LogP contribution in [0.2, 0.25) is 0 Å². The normalized spacial score (nSPS) is 10.2. The number of fused-ring (bicyclic) bond motifs is 1. The summed E-state index contributed by atoms with van der Waals surface area (Å²) in [4.78, 5) is 5.24. The van der Waals surface area contributed by atoms with Crippen molar-refractivity contribution in [1.29, 1.82) is 0 Å². The van der Waals surface area contributed by atoms with Crippen LogP contribution in [0.3, 0.4) is 0 Å². The summed E-state index contributed by atoms with van der Waals surface area (Å²) in [5, 5.41) is 9.07. The summed E-state index contributed by atoms with van der Waals surface area (Å²) in [7, 11) is 2.08. The molecular weight excluding hydrogens is 1620 g/mol. The second kappa shape index (κ2) is 69.3. The predicted molar refractivity (Wildman–Crippen MR) is 434 cm³/mol. The molecule has 0 fully saturated rings. The van der Waals surface area contributed by atoms with Gasteiger partial charge in [-0.25, -0.2) is 22.7 Å². The van der Waals surface area contributed by atoms with Gasteiger partial charge in [0.1, 0.15) is 11.0 Å². The van der Waals surface area contributed by atoms with E-state index in [-0.39, 0.29) is 73.8 Å². The molecule has 3 nitrogen and oxygen atoms in total. The van der Waals surface area contributed by atoms with Crippen molar-refractivity contribution < 1.29 is 42.1 Å².